The van der Waals surface area contributed by atoms with Gasteiger partial charge in [0.2, 0.25) is 0 Å². The van der Waals surface area contributed by atoms with Crippen LogP contribution in [-0.4, -0.2) is 19.1 Å². The molecule has 0 unspecified atom stereocenters. The third-order valence-electron chi connectivity index (χ3n) is 3.05. The summed E-state index contributed by atoms with van der Waals surface area (Å²) in [6.45, 7) is 2.76. The molecule has 20 heavy (non-hydrogen) atoms. The van der Waals surface area contributed by atoms with E-state index in [0.717, 1.165) is 33.8 Å². The first-order chi connectivity index (χ1) is 9.72. The molecular formula is C16H18BrNO2. The number of nitrogens with one attached hydrogen (secondary N) is 1. The molecule has 0 atom stereocenters. The average molecular weight is 336 g/mol. The highest BCUT2D eigenvalue weighted by Gasteiger charge is 2.06. The van der Waals surface area contributed by atoms with Gasteiger partial charge in [0.1, 0.15) is 6.54 Å². The van der Waals surface area contributed by atoms with Crippen LogP contribution in [0.25, 0.3) is 10.8 Å². The fraction of sp³-hybridized carbons (Fsp3) is 0.312. The average Bonchev–Trinajstić information content (AvgIpc) is 2.47. The van der Waals surface area contributed by atoms with E-state index in [0.29, 0.717) is 6.61 Å². The molecule has 0 aliphatic carbocycles. The molecule has 0 heterocycles. The van der Waals surface area contributed by atoms with Crippen molar-refractivity contribution in [1.82, 2.24) is 0 Å². The van der Waals surface area contributed by atoms with Crippen LogP contribution in [0.1, 0.15) is 19.8 Å². The van der Waals surface area contributed by atoms with Gasteiger partial charge in [0.05, 0.1) is 6.61 Å². The van der Waals surface area contributed by atoms with Crippen molar-refractivity contribution in [1.29, 1.82) is 0 Å². The fourth-order valence-electron chi connectivity index (χ4n) is 1.97. The lowest BCUT2D eigenvalue weighted by Crippen LogP contribution is -2.17. The number of ether oxygens (including phenoxy) is 1. The first-order valence-electron chi connectivity index (χ1n) is 6.79. The highest BCUT2D eigenvalue weighted by atomic mass is 79.9. The number of carbonyl (C=O) groups excluding carboxylic acids is 1. The van der Waals surface area contributed by atoms with Gasteiger partial charge in [-0.3, -0.25) is 4.79 Å². The Bertz CT molecular complexity index is 598. The van der Waals surface area contributed by atoms with Crippen LogP contribution in [0.2, 0.25) is 0 Å². The van der Waals surface area contributed by atoms with Crippen molar-refractivity contribution < 1.29 is 9.53 Å². The predicted octanol–water partition coefficient (Wildman–Crippen LogP) is 4.36. The summed E-state index contributed by atoms with van der Waals surface area (Å²) in [4.78, 5) is 11.6. The van der Waals surface area contributed by atoms with E-state index in [1.165, 1.54) is 0 Å². The first-order valence-corrected chi connectivity index (χ1v) is 7.58. The minimum absolute atomic E-state index is 0.190. The van der Waals surface area contributed by atoms with Crippen molar-refractivity contribution in [3.63, 3.8) is 0 Å². The van der Waals surface area contributed by atoms with Crippen LogP contribution >= 0.6 is 15.9 Å². The topological polar surface area (TPSA) is 38.3 Å². The normalized spacial score (nSPS) is 10.5. The first kappa shape index (κ1) is 14.9. The zero-order valence-corrected chi connectivity index (χ0v) is 13.1. The molecule has 0 saturated carbocycles. The maximum atomic E-state index is 11.6. The number of fused-ring (bicyclic) bond motifs is 1. The minimum atomic E-state index is -0.217. The molecule has 1 N–H and O–H groups in total. The summed E-state index contributed by atoms with van der Waals surface area (Å²) in [5.74, 6) is -0.217. The number of benzene rings is 2. The molecule has 0 bridgehead atoms. The summed E-state index contributed by atoms with van der Waals surface area (Å²) >= 11 is 3.53. The number of hydrogen-bond acceptors (Lipinski definition) is 3. The zero-order chi connectivity index (χ0) is 14.4. The second kappa shape index (κ2) is 7.29. The number of anilines is 1. The van der Waals surface area contributed by atoms with E-state index >= 15 is 0 Å². The van der Waals surface area contributed by atoms with E-state index in [1.807, 2.05) is 36.4 Å². The third-order valence-corrected chi connectivity index (χ3v) is 3.75. The third kappa shape index (κ3) is 3.73. The number of rotatable bonds is 6. The maximum Gasteiger partial charge on any atom is 0.325 e. The predicted molar refractivity (Wildman–Crippen MR) is 86.0 cm³/mol. The molecule has 0 aromatic heterocycles. The Morgan fingerprint density at radius 3 is 2.70 bits per heavy atom. The van der Waals surface area contributed by atoms with E-state index in [2.05, 4.69) is 28.2 Å². The Balaban J connectivity index is 2.03. The largest absolute Gasteiger partial charge is 0.464 e. The lowest BCUT2D eigenvalue weighted by Gasteiger charge is -2.10. The molecular weight excluding hydrogens is 318 g/mol. The SMILES string of the molecule is CCCCOC(=O)CNc1ccc(Br)c2ccccc12. The fourth-order valence-corrected chi connectivity index (χ4v) is 2.44. The monoisotopic (exact) mass is 335 g/mol. The smallest absolute Gasteiger partial charge is 0.325 e. The van der Waals surface area contributed by atoms with E-state index in [4.69, 9.17) is 4.74 Å². The van der Waals surface area contributed by atoms with Crippen molar-refractivity contribution in [2.24, 2.45) is 0 Å². The lowest BCUT2D eigenvalue weighted by molar-refractivity contribution is -0.141. The summed E-state index contributed by atoms with van der Waals surface area (Å²) in [6, 6.07) is 12.0. The van der Waals surface area contributed by atoms with Crippen molar-refractivity contribution in [2.75, 3.05) is 18.5 Å². The van der Waals surface area contributed by atoms with Gasteiger partial charge in [-0.15, -0.1) is 0 Å². The van der Waals surface area contributed by atoms with E-state index in [-0.39, 0.29) is 12.5 Å². The molecule has 0 aliphatic heterocycles. The summed E-state index contributed by atoms with van der Waals surface area (Å²) in [5.41, 5.74) is 0.941. The van der Waals surface area contributed by atoms with Crippen LogP contribution in [0.3, 0.4) is 0 Å². The van der Waals surface area contributed by atoms with Crippen LogP contribution in [-0.2, 0) is 9.53 Å². The molecule has 2 rings (SSSR count). The van der Waals surface area contributed by atoms with Gasteiger partial charge in [-0.05, 0) is 23.9 Å². The number of esters is 1. The highest BCUT2D eigenvalue weighted by molar-refractivity contribution is 9.10. The molecule has 0 amide bonds. The molecule has 4 heteroatoms. The van der Waals surface area contributed by atoms with Crippen LogP contribution in [0.4, 0.5) is 5.69 Å². The van der Waals surface area contributed by atoms with Crippen molar-refractivity contribution in [3.8, 4) is 0 Å². The second-order valence-electron chi connectivity index (χ2n) is 4.57. The van der Waals surface area contributed by atoms with Gasteiger partial charge < -0.3 is 10.1 Å². The number of halogens is 1. The Kier molecular flexibility index (Phi) is 5.41. The summed E-state index contributed by atoms with van der Waals surface area (Å²) in [5, 5.41) is 5.35. The second-order valence-corrected chi connectivity index (χ2v) is 5.42. The minimum Gasteiger partial charge on any atom is -0.464 e. The lowest BCUT2D eigenvalue weighted by atomic mass is 10.1. The number of unbranched alkanes of at least 4 members (excludes halogenated alkanes) is 1. The van der Waals surface area contributed by atoms with Gasteiger partial charge in [-0.1, -0.05) is 53.5 Å². The molecule has 2 aromatic rings. The molecule has 0 aliphatic rings. The van der Waals surface area contributed by atoms with Crippen molar-refractivity contribution >= 4 is 38.4 Å². The Labute approximate surface area is 127 Å². The molecule has 0 spiro atoms. The van der Waals surface area contributed by atoms with E-state index < -0.39 is 0 Å². The number of hydrogen-bond donors (Lipinski definition) is 1. The Hall–Kier alpha value is -1.55. The van der Waals surface area contributed by atoms with Gasteiger partial charge in [0.15, 0.2) is 0 Å². The molecule has 0 radical (unpaired) electrons. The van der Waals surface area contributed by atoms with Gasteiger partial charge >= 0.3 is 5.97 Å². The van der Waals surface area contributed by atoms with Crippen LogP contribution in [0.15, 0.2) is 40.9 Å². The van der Waals surface area contributed by atoms with Crippen LogP contribution < -0.4 is 5.32 Å². The van der Waals surface area contributed by atoms with Gasteiger partial charge in [-0.2, -0.15) is 0 Å². The molecule has 3 nitrogen and oxygen atoms in total. The molecule has 2 aromatic carbocycles. The molecule has 0 fully saturated rings. The van der Waals surface area contributed by atoms with Crippen LogP contribution in [0.5, 0.6) is 0 Å². The number of carbonyl (C=O) groups is 1. The Morgan fingerprint density at radius 2 is 1.95 bits per heavy atom. The quantitative estimate of drug-likeness (QED) is 0.629. The zero-order valence-electron chi connectivity index (χ0n) is 11.5. The van der Waals surface area contributed by atoms with Crippen molar-refractivity contribution in [3.05, 3.63) is 40.9 Å². The standard InChI is InChI=1S/C16H18BrNO2/c1-2-3-10-20-16(19)11-18-15-9-8-14(17)12-6-4-5-7-13(12)15/h4-9,18H,2-3,10-11H2,1H3. The van der Waals surface area contributed by atoms with Crippen molar-refractivity contribution in [2.45, 2.75) is 19.8 Å². The van der Waals surface area contributed by atoms with E-state index in [9.17, 15) is 4.79 Å². The van der Waals surface area contributed by atoms with Crippen LogP contribution in [0, 0.1) is 0 Å². The summed E-state index contributed by atoms with van der Waals surface area (Å²) in [7, 11) is 0. The van der Waals surface area contributed by atoms with Gasteiger partial charge in [0.25, 0.3) is 0 Å². The molecule has 0 saturated heterocycles. The summed E-state index contributed by atoms with van der Waals surface area (Å²) < 4.78 is 6.17. The van der Waals surface area contributed by atoms with E-state index in [1.54, 1.807) is 0 Å². The van der Waals surface area contributed by atoms with Gasteiger partial charge in [-0.25, -0.2) is 0 Å². The highest BCUT2D eigenvalue weighted by Crippen LogP contribution is 2.29. The maximum absolute atomic E-state index is 11.6. The summed E-state index contributed by atoms with van der Waals surface area (Å²) in [6.07, 6.45) is 1.94. The van der Waals surface area contributed by atoms with Gasteiger partial charge in [0, 0.05) is 15.5 Å². The molecule has 106 valence electrons. The Morgan fingerprint density at radius 1 is 1.20 bits per heavy atom.